The third kappa shape index (κ3) is 4.37. The van der Waals surface area contributed by atoms with E-state index >= 15 is 0 Å². The van der Waals surface area contributed by atoms with Crippen molar-refractivity contribution in [1.82, 2.24) is 0 Å². The van der Waals surface area contributed by atoms with Gasteiger partial charge in [-0.15, -0.1) is 0 Å². The molecule has 0 heterocycles. The SMILES string of the molecule is NCc1cc(Cl)ccc1OCCOCCO. The quantitative estimate of drug-likeness (QED) is 0.709. The molecule has 0 radical (unpaired) electrons. The molecule has 0 saturated carbocycles. The Kier molecular flexibility index (Phi) is 6.18. The summed E-state index contributed by atoms with van der Waals surface area (Å²) < 4.78 is 10.6. The first-order chi connectivity index (χ1) is 7.77. The Morgan fingerprint density at radius 2 is 2.06 bits per heavy atom. The zero-order chi connectivity index (χ0) is 11.8. The minimum Gasteiger partial charge on any atom is -0.491 e. The second-order valence-electron chi connectivity index (χ2n) is 3.14. The van der Waals surface area contributed by atoms with Crippen LogP contribution in [0.1, 0.15) is 5.56 Å². The van der Waals surface area contributed by atoms with E-state index in [2.05, 4.69) is 0 Å². The molecule has 0 aliphatic heterocycles. The van der Waals surface area contributed by atoms with Gasteiger partial charge >= 0.3 is 0 Å². The molecule has 0 aliphatic rings. The highest BCUT2D eigenvalue weighted by molar-refractivity contribution is 6.30. The van der Waals surface area contributed by atoms with Crippen molar-refractivity contribution in [2.75, 3.05) is 26.4 Å². The largest absolute Gasteiger partial charge is 0.491 e. The van der Waals surface area contributed by atoms with Gasteiger partial charge in [0.05, 0.1) is 19.8 Å². The van der Waals surface area contributed by atoms with Gasteiger partial charge in [-0.1, -0.05) is 11.6 Å². The van der Waals surface area contributed by atoms with E-state index in [9.17, 15) is 0 Å². The highest BCUT2D eigenvalue weighted by Crippen LogP contribution is 2.22. The molecule has 1 aromatic rings. The average Bonchev–Trinajstić information content (AvgIpc) is 2.30. The van der Waals surface area contributed by atoms with Gasteiger partial charge in [0.25, 0.3) is 0 Å². The summed E-state index contributed by atoms with van der Waals surface area (Å²) in [6.07, 6.45) is 0. The molecule has 0 unspecified atom stereocenters. The van der Waals surface area contributed by atoms with Gasteiger partial charge in [0.2, 0.25) is 0 Å². The molecule has 1 rings (SSSR count). The number of nitrogens with two attached hydrogens (primary N) is 1. The second-order valence-corrected chi connectivity index (χ2v) is 3.58. The summed E-state index contributed by atoms with van der Waals surface area (Å²) in [5.74, 6) is 0.722. The van der Waals surface area contributed by atoms with Gasteiger partial charge in [0.1, 0.15) is 12.4 Å². The third-order valence-corrected chi connectivity index (χ3v) is 2.20. The minimum absolute atomic E-state index is 0.0228. The van der Waals surface area contributed by atoms with Crippen molar-refractivity contribution < 1.29 is 14.6 Å². The Balaban J connectivity index is 2.41. The molecule has 0 fully saturated rings. The predicted molar refractivity (Wildman–Crippen MR) is 62.7 cm³/mol. The van der Waals surface area contributed by atoms with Crippen LogP contribution in [0.4, 0.5) is 0 Å². The van der Waals surface area contributed by atoms with Crippen molar-refractivity contribution in [2.24, 2.45) is 5.73 Å². The van der Waals surface area contributed by atoms with E-state index < -0.39 is 0 Å². The highest BCUT2D eigenvalue weighted by atomic mass is 35.5. The van der Waals surface area contributed by atoms with Crippen LogP contribution in [0.25, 0.3) is 0 Å². The van der Waals surface area contributed by atoms with Crippen molar-refractivity contribution in [3.63, 3.8) is 0 Å². The monoisotopic (exact) mass is 245 g/mol. The molecule has 0 atom stereocenters. The molecule has 0 bridgehead atoms. The minimum atomic E-state index is 0.0228. The maximum Gasteiger partial charge on any atom is 0.124 e. The summed E-state index contributed by atoms with van der Waals surface area (Å²) in [4.78, 5) is 0. The van der Waals surface area contributed by atoms with Crippen molar-refractivity contribution in [3.05, 3.63) is 28.8 Å². The maximum absolute atomic E-state index is 8.50. The van der Waals surface area contributed by atoms with Gasteiger partial charge in [-0.2, -0.15) is 0 Å². The molecule has 0 saturated heterocycles. The summed E-state index contributed by atoms with van der Waals surface area (Å²) in [5.41, 5.74) is 6.44. The average molecular weight is 246 g/mol. The van der Waals surface area contributed by atoms with Gasteiger partial charge < -0.3 is 20.3 Å². The Labute approximate surface area is 99.9 Å². The third-order valence-electron chi connectivity index (χ3n) is 1.96. The van der Waals surface area contributed by atoms with E-state index in [1.54, 1.807) is 18.2 Å². The van der Waals surface area contributed by atoms with E-state index in [0.29, 0.717) is 31.4 Å². The number of ether oxygens (including phenoxy) is 2. The zero-order valence-corrected chi connectivity index (χ0v) is 9.74. The molecule has 0 aromatic heterocycles. The van der Waals surface area contributed by atoms with Crippen LogP contribution >= 0.6 is 11.6 Å². The molecule has 5 heteroatoms. The molecular formula is C11H16ClNO3. The van der Waals surface area contributed by atoms with E-state index in [1.807, 2.05) is 0 Å². The standard InChI is InChI=1S/C11H16ClNO3/c12-10-1-2-11(9(7-10)8-13)16-6-5-15-4-3-14/h1-2,7,14H,3-6,8,13H2. The van der Waals surface area contributed by atoms with Crippen LogP contribution in [0.5, 0.6) is 5.75 Å². The summed E-state index contributed by atoms with van der Waals surface area (Å²) in [7, 11) is 0. The topological polar surface area (TPSA) is 64.7 Å². The van der Waals surface area contributed by atoms with Crippen LogP contribution in [0, 0.1) is 0 Å². The van der Waals surface area contributed by atoms with Gasteiger partial charge in [-0.3, -0.25) is 0 Å². The van der Waals surface area contributed by atoms with E-state index in [4.69, 9.17) is 31.9 Å². The first kappa shape index (κ1) is 13.3. The lowest BCUT2D eigenvalue weighted by molar-refractivity contribution is 0.0703. The van der Waals surface area contributed by atoms with Crippen molar-refractivity contribution in [2.45, 2.75) is 6.54 Å². The summed E-state index contributed by atoms with van der Waals surface area (Å²) in [6, 6.07) is 5.33. The van der Waals surface area contributed by atoms with Crippen molar-refractivity contribution >= 4 is 11.6 Å². The Morgan fingerprint density at radius 1 is 1.25 bits per heavy atom. The molecule has 0 amide bonds. The van der Waals surface area contributed by atoms with Gasteiger partial charge in [-0.05, 0) is 18.2 Å². The Hall–Kier alpha value is -0.810. The number of hydrogen-bond donors (Lipinski definition) is 2. The molecule has 0 aliphatic carbocycles. The normalized spacial score (nSPS) is 10.4. The summed E-state index contributed by atoms with van der Waals surface area (Å²) >= 11 is 5.83. The summed E-state index contributed by atoms with van der Waals surface area (Å²) in [6.45, 7) is 1.60. The molecule has 0 spiro atoms. The van der Waals surface area contributed by atoms with Crippen LogP contribution in [-0.4, -0.2) is 31.5 Å². The number of benzene rings is 1. The smallest absolute Gasteiger partial charge is 0.124 e. The number of aliphatic hydroxyl groups is 1. The van der Waals surface area contributed by atoms with Gasteiger partial charge in [-0.25, -0.2) is 0 Å². The summed E-state index contributed by atoms with van der Waals surface area (Å²) in [5, 5.41) is 9.14. The molecule has 3 N–H and O–H groups in total. The molecule has 4 nitrogen and oxygen atoms in total. The van der Waals surface area contributed by atoms with Crippen LogP contribution in [-0.2, 0) is 11.3 Å². The van der Waals surface area contributed by atoms with E-state index in [1.165, 1.54) is 0 Å². The lowest BCUT2D eigenvalue weighted by atomic mass is 10.2. The van der Waals surface area contributed by atoms with Gasteiger partial charge in [0.15, 0.2) is 0 Å². The fourth-order valence-electron chi connectivity index (χ4n) is 1.23. The number of halogens is 1. The number of hydrogen-bond acceptors (Lipinski definition) is 4. The Bertz CT molecular complexity index is 320. The highest BCUT2D eigenvalue weighted by Gasteiger charge is 2.02. The Morgan fingerprint density at radius 3 is 2.75 bits per heavy atom. The first-order valence-electron chi connectivity index (χ1n) is 5.08. The van der Waals surface area contributed by atoms with Crippen LogP contribution < -0.4 is 10.5 Å². The van der Waals surface area contributed by atoms with Gasteiger partial charge in [0, 0.05) is 17.1 Å². The molecule has 16 heavy (non-hydrogen) atoms. The maximum atomic E-state index is 8.50. The predicted octanol–water partition coefficient (Wildman–Crippen LogP) is 1.19. The van der Waals surface area contributed by atoms with Crippen LogP contribution in [0.2, 0.25) is 5.02 Å². The van der Waals surface area contributed by atoms with Crippen LogP contribution in [0.3, 0.4) is 0 Å². The second kappa shape index (κ2) is 7.46. The molecule has 1 aromatic carbocycles. The number of aliphatic hydroxyl groups excluding tert-OH is 1. The fraction of sp³-hybridized carbons (Fsp3) is 0.455. The van der Waals surface area contributed by atoms with Crippen LogP contribution in [0.15, 0.2) is 18.2 Å². The lowest BCUT2D eigenvalue weighted by Crippen LogP contribution is -2.10. The fourth-order valence-corrected chi connectivity index (χ4v) is 1.42. The van der Waals surface area contributed by atoms with Crippen molar-refractivity contribution in [1.29, 1.82) is 0 Å². The zero-order valence-electron chi connectivity index (χ0n) is 8.99. The number of rotatable bonds is 7. The van der Waals surface area contributed by atoms with Crippen molar-refractivity contribution in [3.8, 4) is 5.75 Å². The first-order valence-corrected chi connectivity index (χ1v) is 5.45. The lowest BCUT2D eigenvalue weighted by Gasteiger charge is -2.10. The van der Waals surface area contributed by atoms with E-state index in [0.717, 1.165) is 11.3 Å². The van der Waals surface area contributed by atoms with E-state index in [-0.39, 0.29) is 6.61 Å². The molecule has 90 valence electrons. The molecular weight excluding hydrogens is 230 g/mol.